The number of guanidine groups is 1. The van der Waals surface area contributed by atoms with Gasteiger partial charge in [0.05, 0.1) is 19.3 Å². The first-order valence-electron chi connectivity index (χ1n) is 7.33. The van der Waals surface area contributed by atoms with Crippen LogP contribution in [0, 0.1) is 5.92 Å². The van der Waals surface area contributed by atoms with Gasteiger partial charge >= 0.3 is 0 Å². The van der Waals surface area contributed by atoms with Gasteiger partial charge in [0.15, 0.2) is 5.96 Å². The number of nitrogens with zero attached hydrogens (tertiary/aromatic N) is 2. The fraction of sp³-hybridized carbons (Fsp3) is 0.929. The zero-order valence-corrected chi connectivity index (χ0v) is 14.5. The van der Waals surface area contributed by atoms with Crippen LogP contribution in [0.25, 0.3) is 0 Å². The van der Waals surface area contributed by atoms with E-state index >= 15 is 0 Å². The van der Waals surface area contributed by atoms with Gasteiger partial charge in [-0.25, -0.2) is 0 Å². The summed E-state index contributed by atoms with van der Waals surface area (Å²) in [6, 6.07) is 0.632. The van der Waals surface area contributed by atoms with E-state index in [0.29, 0.717) is 37.2 Å². The summed E-state index contributed by atoms with van der Waals surface area (Å²) in [5, 5.41) is 0. The normalized spacial score (nSPS) is 27.8. The number of aliphatic imine (C=N–C) groups is 1. The fourth-order valence-electron chi connectivity index (χ4n) is 2.65. The van der Waals surface area contributed by atoms with Crippen molar-refractivity contribution in [1.82, 2.24) is 4.90 Å². The molecule has 2 aliphatic rings. The van der Waals surface area contributed by atoms with Crippen molar-refractivity contribution in [3.8, 4) is 0 Å². The first-order valence-corrected chi connectivity index (χ1v) is 7.33. The smallest absolute Gasteiger partial charge is 0.191 e. The van der Waals surface area contributed by atoms with Crippen LogP contribution in [-0.2, 0) is 4.74 Å². The molecule has 5 heteroatoms. The molecule has 0 heterocycles. The van der Waals surface area contributed by atoms with Gasteiger partial charge in [-0.1, -0.05) is 19.8 Å². The summed E-state index contributed by atoms with van der Waals surface area (Å²) in [5.74, 6) is 1.37. The Morgan fingerprint density at radius 1 is 1.26 bits per heavy atom. The fourth-order valence-corrected chi connectivity index (χ4v) is 2.65. The molecule has 4 nitrogen and oxygen atoms in total. The highest BCUT2D eigenvalue weighted by atomic mass is 127. The van der Waals surface area contributed by atoms with Crippen LogP contribution in [-0.4, -0.2) is 43.2 Å². The van der Waals surface area contributed by atoms with Gasteiger partial charge in [-0.2, -0.15) is 0 Å². The average Bonchev–Trinajstić information content (AvgIpc) is 3.19. The monoisotopic (exact) mass is 381 g/mol. The zero-order valence-electron chi connectivity index (χ0n) is 12.2. The van der Waals surface area contributed by atoms with Crippen molar-refractivity contribution >= 4 is 29.9 Å². The highest BCUT2D eigenvalue weighted by Crippen LogP contribution is 2.26. The van der Waals surface area contributed by atoms with Crippen molar-refractivity contribution in [2.75, 3.05) is 20.2 Å². The largest absolute Gasteiger partial charge is 0.376 e. The Kier molecular flexibility index (Phi) is 7.42. The lowest BCUT2D eigenvalue weighted by Gasteiger charge is -2.28. The van der Waals surface area contributed by atoms with Gasteiger partial charge in [-0.05, 0) is 31.6 Å². The maximum atomic E-state index is 5.93. The third-order valence-corrected chi connectivity index (χ3v) is 4.19. The number of hydrogen-bond donors (Lipinski definition) is 1. The molecule has 0 aromatic heterocycles. The van der Waals surface area contributed by atoms with Gasteiger partial charge < -0.3 is 15.4 Å². The van der Waals surface area contributed by atoms with Crippen LogP contribution in [0.15, 0.2) is 4.99 Å². The van der Waals surface area contributed by atoms with E-state index in [2.05, 4.69) is 16.8 Å². The molecule has 0 amide bonds. The van der Waals surface area contributed by atoms with Crippen molar-refractivity contribution in [2.45, 2.75) is 57.6 Å². The minimum absolute atomic E-state index is 0. The number of rotatable bonds is 5. The highest BCUT2D eigenvalue weighted by Gasteiger charge is 2.27. The van der Waals surface area contributed by atoms with Crippen molar-refractivity contribution in [3.63, 3.8) is 0 Å². The highest BCUT2D eigenvalue weighted by molar-refractivity contribution is 14.0. The first kappa shape index (κ1) is 17.0. The minimum Gasteiger partial charge on any atom is -0.376 e. The van der Waals surface area contributed by atoms with Crippen LogP contribution in [0.3, 0.4) is 0 Å². The molecule has 0 bridgehead atoms. The molecule has 19 heavy (non-hydrogen) atoms. The SMILES string of the molecule is CC1CCCCC1OCCN=C(N)N(C)C1CC1.I. The standard InChI is InChI=1S/C14H27N3O.HI/c1-11-5-3-4-6-13(11)18-10-9-16-14(15)17(2)12-7-8-12;/h11-13H,3-10H2,1-2H3,(H2,15,16);1H. The third kappa shape index (κ3) is 5.45. The molecule has 0 radical (unpaired) electrons. The van der Waals surface area contributed by atoms with Gasteiger partial charge in [0.2, 0.25) is 0 Å². The molecular weight excluding hydrogens is 353 g/mol. The lowest BCUT2D eigenvalue weighted by atomic mass is 9.88. The molecule has 2 rings (SSSR count). The molecular formula is C14H28IN3O. The van der Waals surface area contributed by atoms with Crippen molar-refractivity contribution in [1.29, 1.82) is 0 Å². The van der Waals surface area contributed by atoms with Crippen molar-refractivity contribution in [3.05, 3.63) is 0 Å². The Morgan fingerprint density at radius 2 is 1.95 bits per heavy atom. The van der Waals surface area contributed by atoms with Crippen molar-refractivity contribution < 1.29 is 4.74 Å². The number of halogens is 1. The molecule has 0 aliphatic heterocycles. The summed E-state index contributed by atoms with van der Waals surface area (Å²) in [6.45, 7) is 3.68. The van der Waals surface area contributed by atoms with Crippen LogP contribution >= 0.6 is 24.0 Å². The minimum atomic E-state index is 0. The quantitative estimate of drug-likeness (QED) is 0.345. The molecule has 2 aliphatic carbocycles. The lowest BCUT2D eigenvalue weighted by molar-refractivity contribution is -0.000697. The summed E-state index contributed by atoms with van der Waals surface area (Å²) < 4.78 is 5.92. The Morgan fingerprint density at radius 3 is 2.58 bits per heavy atom. The topological polar surface area (TPSA) is 50.9 Å². The van der Waals surface area contributed by atoms with Crippen molar-refractivity contribution in [2.24, 2.45) is 16.6 Å². The number of hydrogen-bond acceptors (Lipinski definition) is 2. The molecule has 2 unspecified atom stereocenters. The molecule has 0 spiro atoms. The van der Waals surface area contributed by atoms with E-state index in [-0.39, 0.29) is 24.0 Å². The summed E-state index contributed by atoms with van der Waals surface area (Å²) in [5.41, 5.74) is 5.93. The Labute approximate surface area is 134 Å². The predicted molar refractivity (Wildman–Crippen MR) is 90.1 cm³/mol. The predicted octanol–water partition coefficient (Wildman–Crippen LogP) is 2.61. The number of ether oxygens (including phenoxy) is 1. The number of nitrogens with two attached hydrogens (primary N) is 1. The molecule has 2 fully saturated rings. The molecule has 2 atom stereocenters. The lowest BCUT2D eigenvalue weighted by Crippen LogP contribution is -2.36. The Balaban J connectivity index is 0.00000180. The average molecular weight is 381 g/mol. The van der Waals surface area contributed by atoms with Crippen LogP contribution in [0.1, 0.15) is 45.4 Å². The van der Waals surface area contributed by atoms with Crippen LogP contribution in [0.5, 0.6) is 0 Å². The van der Waals surface area contributed by atoms with E-state index in [0.717, 1.165) is 0 Å². The van der Waals surface area contributed by atoms with Gasteiger partial charge in [0.1, 0.15) is 0 Å². The first-order chi connectivity index (χ1) is 8.68. The molecule has 0 aromatic rings. The van der Waals surface area contributed by atoms with Crippen LogP contribution in [0.4, 0.5) is 0 Å². The second kappa shape index (κ2) is 8.29. The van der Waals surface area contributed by atoms with Crippen LogP contribution in [0.2, 0.25) is 0 Å². The Bertz CT molecular complexity index is 294. The second-order valence-corrected chi connectivity index (χ2v) is 5.75. The third-order valence-electron chi connectivity index (χ3n) is 4.19. The Hall–Kier alpha value is -0.0400. The van der Waals surface area contributed by atoms with Crippen LogP contribution < -0.4 is 5.73 Å². The van der Waals surface area contributed by atoms with E-state index < -0.39 is 0 Å². The molecule has 112 valence electrons. The summed E-state index contributed by atoms with van der Waals surface area (Å²) in [6.07, 6.45) is 8.13. The maximum Gasteiger partial charge on any atom is 0.191 e. The summed E-state index contributed by atoms with van der Waals surface area (Å²) >= 11 is 0. The molecule has 0 saturated heterocycles. The van der Waals surface area contributed by atoms with E-state index in [1.807, 2.05) is 7.05 Å². The summed E-state index contributed by atoms with van der Waals surface area (Å²) in [7, 11) is 2.03. The van der Waals surface area contributed by atoms with E-state index in [9.17, 15) is 0 Å². The van der Waals surface area contributed by atoms with Gasteiger partial charge in [0.25, 0.3) is 0 Å². The van der Waals surface area contributed by atoms with E-state index in [1.165, 1.54) is 38.5 Å². The van der Waals surface area contributed by atoms with E-state index in [4.69, 9.17) is 10.5 Å². The van der Waals surface area contributed by atoms with Gasteiger partial charge in [0, 0.05) is 13.1 Å². The molecule has 2 N–H and O–H groups in total. The molecule has 2 saturated carbocycles. The molecule has 0 aromatic carbocycles. The van der Waals surface area contributed by atoms with Gasteiger partial charge in [-0.15, -0.1) is 24.0 Å². The summed E-state index contributed by atoms with van der Waals surface area (Å²) in [4.78, 5) is 6.48. The maximum absolute atomic E-state index is 5.93. The van der Waals surface area contributed by atoms with E-state index in [1.54, 1.807) is 0 Å². The van der Waals surface area contributed by atoms with Gasteiger partial charge in [-0.3, -0.25) is 4.99 Å². The second-order valence-electron chi connectivity index (χ2n) is 5.75. The zero-order chi connectivity index (χ0) is 13.0.